The first kappa shape index (κ1) is 23.5. The molecule has 0 fully saturated rings. The normalized spacial score (nSPS) is 16.1. The van der Waals surface area contributed by atoms with E-state index in [2.05, 4.69) is 5.32 Å². The molecule has 5 rings (SSSR count). The van der Waals surface area contributed by atoms with E-state index in [0.29, 0.717) is 42.4 Å². The van der Waals surface area contributed by atoms with Crippen molar-refractivity contribution in [3.05, 3.63) is 77.4 Å². The number of amides is 2. The van der Waals surface area contributed by atoms with E-state index < -0.39 is 6.10 Å². The van der Waals surface area contributed by atoms with E-state index in [1.54, 1.807) is 18.1 Å². The first-order valence-electron chi connectivity index (χ1n) is 11.9. The van der Waals surface area contributed by atoms with Crippen LogP contribution in [-0.4, -0.2) is 36.7 Å². The van der Waals surface area contributed by atoms with Crippen LogP contribution >= 0.6 is 0 Å². The summed E-state index contributed by atoms with van der Waals surface area (Å²) in [6.07, 6.45) is 0.219. The van der Waals surface area contributed by atoms with Crippen molar-refractivity contribution in [3.8, 4) is 23.0 Å². The summed E-state index contributed by atoms with van der Waals surface area (Å²) in [6, 6.07) is 18.6. The van der Waals surface area contributed by atoms with Crippen LogP contribution in [-0.2, 0) is 29.1 Å². The zero-order valence-electron chi connectivity index (χ0n) is 20.3. The summed E-state index contributed by atoms with van der Waals surface area (Å²) < 4.78 is 22.1. The van der Waals surface area contributed by atoms with Gasteiger partial charge in [0.1, 0.15) is 11.5 Å². The van der Waals surface area contributed by atoms with Crippen LogP contribution in [0.4, 0.5) is 5.69 Å². The van der Waals surface area contributed by atoms with Gasteiger partial charge in [0.25, 0.3) is 5.91 Å². The smallest absolute Gasteiger partial charge is 0.264 e. The molecule has 3 aromatic rings. The Morgan fingerprint density at radius 2 is 1.75 bits per heavy atom. The SMILES string of the molecule is CC[C@H]1Oc2ccc(NC(=O)Cc3ccc(OC)cc3)cc2CN(Cc2ccc3c(c2)OCO3)C1=O. The first-order chi connectivity index (χ1) is 17.5. The van der Waals surface area contributed by atoms with Crippen molar-refractivity contribution in [2.24, 2.45) is 0 Å². The Morgan fingerprint density at radius 3 is 2.53 bits per heavy atom. The van der Waals surface area contributed by atoms with E-state index in [1.807, 2.05) is 61.5 Å². The first-order valence-corrected chi connectivity index (χ1v) is 11.9. The molecule has 0 aliphatic carbocycles. The van der Waals surface area contributed by atoms with Crippen molar-refractivity contribution in [2.75, 3.05) is 19.2 Å². The van der Waals surface area contributed by atoms with Gasteiger partial charge < -0.3 is 29.2 Å². The molecular weight excluding hydrogens is 460 g/mol. The summed E-state index contributed by atoms with van der Waals surface area (Å²) in [5, 5.41) is 2.96. The van der Waals surface area contributed by atoms with Crippen molar-refractivity contribution in [2.45, 2.75) is 39.0 Å². The van der Waals surface area contributed by atoms with Gasteiger partial charge in [-0.2, -0.15) is 0 Å². The van der Waals surface area contributed by atoms with E-state index >= 15 is 0 Å². The lowest BCUT2D eigenvalue weighted by Crippen LogP contribution is -2.38. The maximum absolute atomic E-state index is 13.3. The van der Waals surface area contributed by atoms with E-state index in [-0.39, 0.29) is 25.0 Å². The molecule has 0 bridgehead atoms. The van der Waals surface area contributed by atoms with E-state index in [0.717, 1.165) is 22.4 Å². The van der Waals surface area contributed by atoms with Gasteiger partial charge in [-0.3, -0.25) is 9.59 Å². The lowest BCUT2D eigenvalue weighted by Gasteiger charge is -2.23. The number of carbonyl (C=O) groups excluding carboxylic acids is 2. The number of hydrogen-bond donors (Lipinski definition) is 1. The third kappa shape index (κ3) is 5.07. The number of fused-ring (bicyclic) bond motifs is 2. The number of benzene rings is 3. The highest BCUT2D eigenvalue weighted by Crippen LogP contribution is 2.34. The molecule has 36 heavy (non-hydrogen) atoms. The summed E-state index contributed by atoms with van der Waals surface area (Å²) in [7, 11) is 1.61. The summed E-state index contributed by atoms with van der Waals surface area (Å²) in [6.45, 7) is 2.90. The molecule has 2 amide bonds. The van der Waals surface area contributed by atoms with Gasteiger partial charge in [0.05, 0.1) is 13.5 Å². The van der Waals surface area contributed by atoms with Crippen LogP contribution in [0.1, 0.15) is 30.0 Å². The summed E-state index contributed by atoms with van der Waals surface area (Å²) in [5.74, 6) is 2.58. The second kappa shape index (κ2) is 10.2. The van der Waals surface area contributed by atoms with Gasteiger partial charge in [0.2, 0.25) is 12.7 Å². The predicted octanol–water partition coefficient (Wildman–Crippen LogP) is 4.30. The molecule has 0 aromatic heterocycles. The number of rotatable bonds is 7. The second-order valence-electron chi connectivity index (χ2n) is 8.79. The van der Waals surface area contributed by atoms with Gasteiger partial charge in [-0.25, -0.2) is 0 Å². The quantitative estimate of drug-likeness (QED) is 0.534. The summed E-state index contributed by atoms with van der Waals surface area (Å²) in [5.41, 5.74) is 3.32. The monoisotopic (exact) mass is 488 g/mol. The Kier molecular flexibility index (Phi) is 6.66. The fourth-order valence-electron chi connectivity index (χ4n) is 4.37. The zero-order valence-corrected chi connectivity index (χ0v) is 20.3. The van der Waals surface area contributed by atoms with Crippen LogP contribution in [0.3, 0.4) is 0 Å². The van der Waals surface area contributed by atoms with Crippen molar-refractivity contribution >= 4 is 17.5 Å². The predicted molar refractivity (Wildman–Crippen MR) is 133 cm³/mol. The van der Waals surface area contributed by atoms with Crippen LogP contribution in [0.25, 0.3) is 0 Å². The zero-order chi connectivity index (χ0) is 25.1. The van der Waals surface area contributed by atoms with Gasteiger partial charge in [-0.1, -0.05) is 25.1 Å². The van der Waals surface area contributed by atoms with Crippen LogP contribution < -0.4 is 24.3 Å². The minimum Gasteiger partial charge on any atom is -0.497 e. The summed E-state index contributed by atoms with van der Waals surface area (Å²) in [4.78, 5) is 27.7. The molecule has 1 atom stereocenters. The average molecular weight is 489 g/mol. The number of ether oxygens (including phenoxy) is 4. The number of anilines is 1. The molecule has 0 saturated carbocycles. The number of nitrogens with zero attached hydrogens (tertiary/aromatic N) is 1. The third-order valence-electron chi connectivity index (χ3n) is 6.27. The topological polar surface area (TPSA) is 86.3 Å². The maximum Gasteiger partial charge on any atom is 0.264 e. The largest absolute Gasteiger partial charge is 0.497 e. The maximum atomic E-state index is 13.3. The fourth-order valence-corrected chi connectivity index (χ4v) is 4.37. The van der Waals surface area contributed by atoms with Crippen LogP contribution in [0, 0.1) is 0 Å². The second-order valence-corrected chi connectivity index (χ2v) is 8.79. The van der Waals surface area contributed by atoms with Gasteiger partial charge in [0, 0.05) is 24.3 Å². The van der Waals surface area contributed by atoms with Gasteiger partial charge in [0.15, 0.2) is 17.6 Å². The molecule has 2 aliphatic rings. The van der Waals surface area contributed by atoms with Gasteiger partial charge in [-0.15, -0.1) is 0 Å². The van der Waals surface area contributed by atoms with Crippen molar-refractivity contribution in [1.82, 2.24) is 4.90 Å². The summed E-state index contributed by atoms with van der Waals surface area (Å²) >= 11 is 0. The Labute approximate surface area is 209 Å². The number of carbonyl (C=O) groups is 2. The average Bonchev–Trinajstić information content (AvgIpc) is 3.31. The lowest BCUT2D eigenvalue weighted by atomic mass is 10.1. The van der Waals surface area contributed by atoms with E-state index in [9.17, 15) is 9.59 Å². The van der Waals surface area contributed by atoms with Crippen molar-refractivity contribution in [1.29, 1.82) is 0 Å². The van der Waals surface area contributed by atoms with Crippen LogP contribution in [0.5, 0.6) is 23.0 Å². The standard InChI is InChI=1S/C28H28N2O6/c1-3-23-28(32)30(15-19-6-10-25-26(12-19)35-17-34-25)16-20-14-21(7-11-24(20)36-23)29-27(31)13-18-4-8-22(33-2)9-5-18/h4-12,14,23H,3,13,15-17H2,1-2H3,(H,29,31)/t23-/m1/s1. The van der Waals surface area contributed by atoms with Crippen molar-refractivity contribution in [3.63, 3.8) is 0 Å². The Balaban J connectivity index is 1.32. The number of nitrogens with one attached hydrogen (secondary N) is 1. The molecule has 186 valence electrons. The highest BCUT2D eigenvalue weighted by atomic mass is 16.7. The molecule has 3 aromatic carbocycles. The fraction of sp³-hybridized carbons (Fsp3) is 0.286. The van der Waals surface area contributed by atoms with Crippen molar-refractivity contribution < 1.29 is 28.5 Å². The number of hydrogen-bond acceptors (Lipinski definition) is 6. The molecular formula is C28H28N2O6. The Hall–Kier alpha value is -4.20. The minimum absolute atomic E-state index is 0.0727. The Bertz CT molecular complexity index is 1270. The van der Waals surface area contributed by atoms with Crippen LogP contribution in [0.2, 0.25) is 0 Å². The highest BCUT2D eigenvalue weighted by Gasteiger charge is 2.30. The highest BCUT2D eigenvalue weighted by molar-refractivity contribution is 5.92. The van der Waals surface area contributed by atoms with Crippen LogP contribution in [0.15, 0.2) is 60.7 Å². The molecule has 0 radical (unpaired) electrons. The van der Waals surface area contributed by atoms with Gasteiger partial charge >= 0.3 is 0 Å². The molecule has 0 unspecified atom stereocenters. The third-order valence-corrected chi connectivity index (χ3v) is 6.27. The molecule has 8 nitrogen and oxygen atoms in total. The minimum atomic E-state index is -0.573. The molecule has 0 saturated heterocycles. The molecule has 2 aliphatic heterocycles. The lowest BCUT2D eigenvalue weighted by molar-refractivity contribution is -0.139. The number of methoxy groups -OCH3 is 1. The molecule has 2 heterocycles. The molecule has 1 N–H and O–H groups in total. The van der Waals surface area contributed by atoms with E-state index in [1.165, 1.54) is 0 Å². The molecule has 0 spiro atoms. The molecule has 8 heteroatoms. The van der Waals surface area contributed by atoms with Gasteiger partial charge in [-0.05, 0) is 60.0 Å². The van der Waals surface area contributed by atoms with E-state index in [4.69, 9.17) is 18.9 Å². The Morgan fingerprint density at radius 1 is 1.00 bits per heavy atom.